The predicted molar refractivity (Wildman–Crippen MR) is 52.3 cm³/mol. The Kier molecular flexibility index (Phi) is 2.18. The van der Waals surface area contributed by atoms with Gasteiger partial charge >= 0.3 is 0 Å². The largest absolute Gasteiger partial charge is 0.491 e. The zero-order valence-corrected chi connectivity index (χ0v) is 8.48. The van der Waals surface area contributed by atoms with Crippen molar-refractivity contribution >= 4 is 22.6 Å². The molecule has 0 spiro atoms. The van der Waals surface area contributed by atoms with E-state index in [1.165, 1.54) is 0 Å². The molecule has 0 saturated carbocycles. The van der Waals surface area contributed by atoms with Gasteiger partial charge in [-0.1, -0.05) is 0 Å². The molecular formula is C8H8INO2. The van der Waals surface area contributed by atoms with Gasteiger partial charge in [-0.15, -0.1) is 0 Å². The maximum atomic E-state index is 8.98. The lowest BCUT2D eigenvalue weighted by atomic mass is 10.1. The second-order valence-corrected chi connectivity index (χ2v) is 3.81. The number of hydrogen-bond donors (Lipinski definition) is 1. The van der Waals surface area contributed by atoms with Gasteiger partial charge in [-0.3, -0.25) is 0 Å². The van der Waals surface area contributed by atoms with Crippen LogP contribution in [0.25, 0.3) is 0 Å². The third kappa shape index (κ3) is 1.29. The molecule has 2 rings (SSSR count). The van der Waals surface area contributed by atoms with Crippen LogP contribution in [0.5, 0.6) is 5.75 Å². The Hall–Kier alpha value is -0.360. The minimum atomic E-state index is 0.0646. The monoisotopic (exact) mass is 277 g/mol. The lowest BCUT2D eigenvalue weighted by Crippen LogP contribution is -2.06. The van der Waals surface area contributed by atoms with E-state index in [2.05, 4.69) is 27.6 Å². The molecule has 1 N–H and O–H groups in total. The van der Waals surface area contributed by atoms with Crippen molar-refractivity contribution in [1.82, 2.24) is 4.98 Å². The highest BCUT2D eigenvalue weighted by Crippen LogP contribution is 2.31. The quantitative estimate of drug-likeness (QED) is 0.618. The highest BCUT2D eigenvalue weighted by Gasteiger charge is 2.24. The van der Waals surface area contributed by atoms with E-state index in [1.807, 2.05) is 12.1 Å². The van der Waals surface area contributed by atoms with Gasteiger partial charge in [0.15, 0.2) is 0 Å². The van der Waals surface area contributed by atoms with Crippen molar-refractivity contribution in [3.8, 4) is 5.75 Å². The molecule has 0 aromatic carbocycles. The van der Waals surface area contributed by atoms with E-state index >= 15 is 0 Å². The van der Waals surface area contributed by atoms with Gasteiger partial charge in [0.1, 0.15) is 9.45 Å². The summed E-state index contributed by atoms with van der Waals surface area (Å²) < 4.78 is 6.27. The number of fused-ring (bicyclic) bond motifs is 1. The maximum absolute atomic E-state index is 8.98. The van der Waals surface area contributed by atoms with Gasteiger partial charge in [0.05, 0.1) is 24.8 Å². The molecule has 1 atom stereocenters. The van der Waals surface area contributed by atoms with Crippen molar-refractivity contribution in [1.29, 1.82) is 0 Å². The molecule has 1 aliphatic heterocycles. The summed E-state index contributed by atoms with van der Waals surface area (Å²) in [5, 5.41) is 8.98. The summed E-state index contributed by atoms with van der Waals surface area (Å²) in [6, 6.07) is 3.80. The van der Waals surface area contributed by atoms with Crippen LogP contribution in [0.15, 0.2) is 12.1 Å². The number of aliphatic hydroxyl groups is 1. The zero-order valence-electron chi connectivity index (χ0n) is 6.33. The number of ether oxygens (including phenoxy) is 1. The Labute approximate surface area is 83.9 Å². The van der Waals surface area contributed by atoms with Gasteiger partial charge in [-0.2, -0.15) is 0 Å². The Balaban J connectivity index is 2.42. The zero-order chi connectivity index (χ0) is 8.55. The van der Waals surface area contributed by atoms with E-state index < -0.39 is 0 Å². The second-order valence-electron chi connectivity index (χ2n) is 2.71. The Morgan fingerprint density at radius 1 is 1.67 bits per heavy atom. The third-order valence-electron chi connectivity index (χ3n) is 1.90. The molecule has 0 fully saturated rings. The van der Waals surface area contributed by atoms with Crippen LogP contribution in [0, 0.1) is 3.70 Å². The van der Waals surface area contributed by atoms with Gasteiger partial charge in [0, 0.05) is 0 Å². The highest BCUT2D eigenvalue weighted by molar-refractivity contribution is 14.1. The molecule has 3 nitrogen and oxygen atoms in total. The smallest absolute Gasteiger partial charge is 0.141 e. The molecule has 12 heavy (non-hydrogen) atoms. The first-order chi connectivity index (χ1) is 5.81. The number of aliphatic hydroxyl groups excluding tert-OH is 1. The first-order valence-corrected chi connectivity index (χ1v) is 4.79. The van der Waals surface area contributed by atoms with Crippen LogP contribution < -0.4 is 4.74 Å². The van der Waals surface area contributed by atoms with E-state index in [0.717, 1.165) is 15.1 Å². The Morgan fingerprint density at radius 2 is 2.50 bits per heavy atom. The van der Waals surface area contributed by atoms with Gasteiger partial charge in [-0.25, -0.2) is 4.98 Å². The summed E-state index contributed by atoms with van der Waals surface area (Å²) in [5.41, 5.74) is 0.893. The van der Waals surface area contributed by atoms with Crippen LogP contribution in [0.3, 0.4) is 0 Å². The summed E-state index contributed by atoms with van der Waals surface area (Å²) in [4.78, 5) is 4.31. The van der Waals surface area contributed by atoms with E-state index in [0.29, 0.717) is 6.61 Å². The fourth-order valence-corrected chi connectivity index (χ4v) is 1.70. The van der Waals surface area contributed by atoms with Gasteiger partial charge in [-0.05, 0) is 34.7 Å². The van der Waals surface area contributed by atoms with Gasteiger partial charge < -0.3 is 9.84 Å². The summed E-state index contributed by atoms with van der Waals surface area (Å²) in [6.07, 6.45) is 0. The molecule has 0 amide bonds. The van der Waals surface area contributed by atoms with Crippen LogP contribution in [0.2, 0.25) is 0 Å². The molecule has 0 aliphatic carbocycles. The van der Waals surface area contributed by atoms with Gasteiger partial charge in [0.25, 0.3) is 0 Å². The van der Waals surface area contributed by atoms with E-state index in [1.54, 1.807) is 0 Å². The van der Waals surface area contributed by atoms with E-state index in [9.17, 15) is 0 Å². The highest BCUT2D eigenvalue weighted by atomic mass is 127. The normalized spacial score (nSPS) is 20.3. The molecule has 0 bridgehead atoms. The predicted octanol–water partition coefficient (Wildman–Crippen LogP) is 1.15. The molecular weight excluding hydrogens is 269 g/mol. The van der Waals surface area contributed by atoms with Gasteiger partial charge in [0.2, 0.25) is 0 Å². The fourth-order valence-electron chi connectivity index (χ4n) is 1.26. The van der Waals surface area contributed by atoms with Crippen molar-refractivity contribution in [3.63, 3.8) is 0 Å². The number of rotatable bonds is 1. The lowest BCUT2D eigenvalue weighted by Gasteiger charge is -2.01. The molecule has 0 radical (unpaired) electrons. The third-order valence-corrected chi connectivity index (χ3v) is 2.50. The molecule has 64 valence electrons. The maximum Gasteiger partial charge on any atom is 0.141 e. The molecule has 1 unspecified atom stereocenters. The minimum Gasteiger partial charge on any atom is -0.491 e. The molecule has 0 saturated heterocycles. The summed E-state index contributed by atoms with van der Waals surface area (Å²) in [5.74, 6) is 0.879. The summed E-state index contributed by atoms with van der Waals surface area (Å²) >= 11 is 2.15. The summed E-state index contributed by atoms with van der Waals surface area (Å²) in [6.45, 7) is 0.666. The number of nitrogens with zero attached hydrogens (tertiary/aromatic N) is 1. The number of hydrogen-bond acceptors (Lipinski definition) is 3. The average molecular weight is 277 g/mol. The second kappa shape index (κ2) is 3.18. The average Bonchev–Trinajstić information content (AvgIpc) is 2.46. The summed E-state index contributed by atoms with van der Waals surface area (Å²) in [7, 11) is 0. The number of pyridine rings is 1. The van der Waals surface area contributed by atoms with Crippen LogP contribution in [0.1, 0.15) is 11.6 Å². The Bertz CT molecular complexity index is 303. The Morgan fingerprint density at radius 3 is 3.25 bits per heavy atom. The lowest BCUT2D eigenvalue weighted by molar-refractivity contribution is 0.231. The van der Waals surface area contributed by atoms with Crippen LogP contribution in [0.4, 0.5) is 0 Å². The SMILES string of the molecule is OCC1COc2ccc(I)nc21. The number of halogens is 1. The van der Waals surface area contributed by atoms with Crippen molar-refractivity contribution in [2.45, 2.75) is 5.92 Å². The van der Waals surface area contributed by atoms with E-state index in [-0.39, 0.29) is 12.5 Å². The van der Waals surface area contributed by atoms with Crippen molar-refractivity contribution in [2.24, 2.45) is 0 Å². The molecule has 1 aromatic rings. The number of aromatic nitrogens is 1. The first-order valence-electron chi connectivity index (χ1n) is 3.71. The van der Waals surface area contributed by atoms with Crippen LogP contribution in [-0.2, 0) is 0 Å². The topological polar surface area (TPSA) is 42.4 Å². The van der Waals surface area contributed by atoms with E-state index in [4.69, 9.17) is 9.84 Å². The molecule has 2 heterocycles. The fraction of sp³-hybridized carbons (Fsp3) is 0.375. The minimum absolute atomic E-state index is 0.0646. The van der Waals surface area contributed by atoms with Crippen LogP contribution >= 0.6 is 22.6 Å². The van der Waals surface area contributed by atoms with Crippen molar-refractivity contribution < 1.29 is 9.84 Å². The van der Waals surface area contributed by atoms with Crippen LogP contribution in [-0.4, -0.2) is 23.3 Å². The molecule has 1 aliphatic rings. The van der Waals surface area contributed by atoms with Crippen molar-refractivity contribution in [3.05, 3.63) is 21.5 Å². The molecule has 4 heteroatoms. The molecule has 1 aromatic heterocycles. The first kappa shape index (κ1) is 8.25. The van der Waals surface area contributed by atoms with Crippen molar-refractivity contribution in [2.75, 3.05) is 13.2 Å². The standard InChI is InChI=1S/C8H8INO2/c9-7-2-1-6-8(10-7)5(3-11)4-12-6/h1-2,5,11H,3-4H2.